The normalized spacial score (nSPS) is 15.5. The largest absolute Gasteiger partial charge is 0.338 e. The second-order valence-corrected chi connectivity index (χ2v) is 2.14. The number of hydrogen-bond donors (Lipinski definition) is 0. The van der Waals surface area contributed by atoms with Crippen LogP contribution in [-0.4, -0.2) is 17.3 Å². The Balaban J connectivity index is 3.80. The fourth-order valence-electron chi connectivity index (χ4n) is 0.0772. The molecule has 0 aromatic rings. The molecule has 0 aliphatic rings. The summed E-state index contributed by atoms with van der Waals surface area (Å²) in [6, 6.07) is 0. The minimum absolute atomic E-state index is 0.464. The fourth-order valence-corrected chi connectivity index (χ4v) is 0.185. The highest BCUT2D eigenvalue weighted by molar-refractivity contribution is 9.10. The van der Waals surface area contributed by atoms with Crippen molar-refractivity contribution in [1.29, 1.82) is 0 Å². The van der Waals surface area contributed by atoms with Gasteiger partial charge in [0.2, 0.25) is 6.17 Å². The molecule has 0 spiro atoms. The molecule has 0 rings (SSSR count). The molecule has 5 heteroatoms. The summed E-state index contributed by atoms with van der Waals surface area (Å²) in [6.45, 7) is 0. The van der Waals surface area contributed by atoms with E-state index in [1.807, 2.05) is 0 Å². The smallest absolute Gasteiger partial charge is 0.300 e. The number of halogens is 4. The third-order valence-corrected chi connectivity index (χ3v) is 0.870. The van der Waals surface area contributed by atoms with E-state index >= 15 is 0 Å². The van der Waals surface area contributed by atoms with Crippen LogP contribution in [0.15, 0.2) is 0 Å². The zero-order chi connectivity index (χ0) is 6.78. The maximum absolute atomic E-state index is 11.5. The summed E-state index contributed by atoms with van der Waals surface area (Å²) in [7, 11) is 0. The van der Waals surface area contributed by atoms with Crippen molar-refractivity contribution in [3.63, 3.8) is 0 Å². The van der Waals surface area contributed by atoms with E-state index in [0.29, 0.717) is 0 Å². The molecule has 0 bridgehead atoms. The molecule has 0 heterocycles. The highest BCUT2D eigenvalue weighted by Gasteiger charge is 2.36. The van der Waals surface area contributed by atoms with Crippen LogP contribution in [-0.2, 0) is 4.79 Å². The summed E-state index contributed by atoms with van der Waals surface area (Å²) >= 11 is 1.66. The zero-order valence-electron chi connectivity index (χ0n) is 3.57. The van der Waals surface area contributed by atoms with Crippen LogP contribution in [0.3, 0.4) is 0 Å². The van der Waals surface area contributed by atoms with Gasteiger partial charge in [0.25, 0.3) is 0 Å². The third kappa shape index (κ3) is 2.30. The van der Waals surface area contributed by atoms with Crippen LogP contribution in [0, 0.1) is 0 Å². The average Bonchev–Trinajstić information content (AvgIpc) is 1.62. The average molecular weight is 191 g/mol. The van der Waals surface area contributed by atoms with Crippen LogP contribution in [0.25, 0.3) is 0 Å². The van der Waals surface area contributed by atoms with Crippen molar-refractivity contribution >= 4 is 22.2 Å². The van der Waals surface area contributed by atoms with Crippen LogP contribution in [0.1, 0.15) is 0 Å². The lowest BCUT2D eigenvalue weighted by atomic mass is 10.5. The van der Waals surface area contributed by atoms with Crippen molar-refractivity contribution in [1.82, 2.24) is 0 Å². The second kappa shape index (κ2) is 2.48. The molecule has 0 radical (unpaired) electrons. The van der Waals surface area contributed by atoms with E-state index in [1.165, 1.54) is 0 Å². The quantitative estimate of drug-likeness (QED) is 0.477. The number of carbonyl (C=O) groups excluding carboxylic acids is 1. The molecule has 1 unspecified atom stereocenters. The highest BCUT2D eigenvalue weighted by atomic mass is 79.9. The van der Waals surface area contributed by atoms with Crippen molar-refractivity contribution in [3.8, 4) is 0 Å². The van der Waals surface area contributed by atoms with Crippen LogP contribution >= 0.6 is 15.9 Å². The molecule has 1 atom stereocenters. The molecule has 8 heavy (non-hydrogen) atoms. The van der Waals surface area contributed by atoms with Crippen LogP contribution < -0.4 is 0 Å². The Hall–Kier alpha value is -0.0600. The Morgan fingerprint density at radius 1 is 1.62 bits per heavy atom. The van der Waals surface area contributed by atoms with Gasteiger partial charge in [0.15, 0.2) is 6.29 Å². The molecule has 0 saturated carbocycles. The van der Waals surface area contributed by atoms with E-state index in [4.69, 9.17) is 0 Å². The maximum atomic E-state index is 11.5. The van der Waals surface area contributed by atoms with Gasteiger partial charge < -0.3 is 0 Å². The van der Waals surface area contributed by atoms with Crippen molar-refractivity contribution in [2.75, 3.05) is 0 Å². The topological polar surface area (TPSA) is 17.1 Å². The number of rotatable bonds is 2. The van der Waals surface area contributed by atoms with Gasteiger partial charge >= 0.3 is 4.83 Å². The first-order valence-corrected chi connectivity index (χ1v) is 2.44. The lowest BCUT2D eigenvalue weighted by Crippen LogP contribution is -2.23. The first kappa shape index (κ1) is 7.94. The summed E-state index contributed by atoms with van der Waals surface area (Å²) in [6.07, 6.45) is -3.21. The zero-order valence-corrected chi connectivity index (χ0v) is 5.16. The molecule has 48 valence electrons. The van der Waals surface area contributed by atoms with Crippen LogP contribution in [0.2, 0.25) is 0 Å². The summed E-state index contributed by atoms with van der Waals surface area (Å²) in [5.74, 6) is 0. The van der Waals surface area contributed by atoms with Crippen LogP contribution in [0.4, 0.5) is 13.2 Å². The van der Waals surface area contributed by atoms with Gasteiger partial charge in [0.1, 0.15) is 0 Å². The molecule has 0 aliphatic carbocycles. The maximum Gasteiger partial charge on any atom is 0.338 e. The molecular formula is C3H2BrF3O. The minimum atomic E-state index is -3.71. The van der Waals surface area contributed by atoms with Gasteiger partial charge in [-0.25, -0.2) is 4.39 Å². The van der Waals surface area contributed by atoms with Gasteiger partial charge in [-0.15, -0.1) is 0 Å². The Bertz CT molecular complexity index is 89.0. The summed E-state index contributed by atoms with van der Waals surface area (Å²) < 4.78 is 34.3. The molecule has 0 N–H and O–H groups in total. The highest BCUT2D eigenvalue weighted by Crippen LogP contribution is 2.26. The standard InChI is InChI=1S/C3H2BrF3O/c4-3(6,7)2(5)1-8/h1-2H. The van der Waals surface area contributed by atoms with Gasteiger partial charge in [0, 0.05) is 0 Å². The van der Waals surface area contributed by atoms with E-state index in [-0.39, 0.29) is 0 Å². The van der Waals surface area contributed by atoms with Gasteiger partial charge in [-0.2, -0.15) is 8.78 Å². The number of hydrogen-bond acceptors (Lipinski definition) is 1. The molecule has 0 saturated heterocycles. The third-order valence-electron chi connectivity index (χ3n) is 0.432. The fraction of sp³-hybridized carbons (Fsp3) is 0.667. The first-order chi connectivity index (χ1) is 3.48. The Labute approximate surface area is 52.0 Å². The van der Waals surface area contributed by atoms with Crippen molar-refractivity contribution < 1.29 is 18.0 Å². The monoisotopic (exact) mass is 190 g/mol. The van der Waals surface area contributed by atoms with E-state index in [2.05, 4.69) is 0 Å². The van der Waals surface area contributed by atoms with Crippen LogP contribution in [0.5, 0.6) is 0 Å². The molecule has 0 aliphatic heterocycles. The van der Waals surface area contributed by atoms with Crippen molar-refractivity contribution in [2.24, 2.45) is 0 Å². The van der Waals surface area contributed by atoms with E-state index < -0.39 is 17.3 Å². The molecule has 1 nitrogen and oxygen atoms in total. The molecular weight excluding hydrogens is 189 g/mol. The summed E-state index contributed by atoms with van der Waals surface area (Å²) in [5.41, 5.74) is 0. The Morgan fingerprint density at radius 2 is 2.00 bits per heavy atom. The predicted molar refractivity (Wildman–Crippen MR) is 24.8 cm³/mol. The number of aldehydes is 1. The lowest BCUT2D eigenvalue weighted by molar-refractivity contribution is -0.118. The van der Waals surface area contributed by atoms with E-state index in [1.54, 1.807) is 15.9 Å². The number of carbonyl (C=O) groups is 1. The number of alkyl halides is 4. The first-order valence-electron chi connectivity index (χ1n) is 1.64. The summed E-state index contributed by atoms with van der Waals surface area (Å²) in [5, 5.41) is 0. The van der Waals surface area contributed by atoms with Crippen molar-refractivity contribution in [2.45, 2.75) is 11.0 Å². The van der Waals surface area contributed by atoms with Gasteiger partial charge in [-0.1, -0.05) is 0 Å². The predicted octanol–water partition coefficient (Wildman–Crippen LogP) is 1.51. The summed E-state index contributed by atoms with van der Waals surface area (Å²) in [4.78, 5) is 5.55. The van der Waals surface area contributed by atoms with E-state index in [0.717, 1.165) is 0 Å². The van der Waals surface area contributed by atoms with Gasteiger partial charge in [0.05, 0.1) is 0 Å². The Kier molecular flexibility index (Phi) is 2.46. The SMILES string of the molecule is O=CC(F)C(F)(F)Br. The Morgan fingerprint density at radius 3 is 2.00 bits per heavy atom. The minimum Gasteiger partial charge on any atom is -0.300 e. The molecule has 0 aromatic carbocycles. The van der Waals surface area contributed by atoms with Crippen molar-refractivity contribution in [3.05, 3.63) is 0 Å². The van der Waals surface area contributed by atoms with Gasteiger partial charge in [-0.05, 0) is 15.9 Å². The molecule has 0 fully saturated rings. The molecule has 0 aromatic heterocycles. The molecule has 0 amide bonds. The second-order valence-electron chi connectivity index (χ2n) is 1.08. The lowest BCUT2D eigenvalue weighted by Gasteiger charge is -2.05. The van der Waals surface area contributed by atoms with E-state index in [9.17, 15) is 18.0 Å². The van der Waals surface area contributed by atoms with Gasteiger partial charge in [-0.3, -0.25) is 4.79 Å².